The van der Waals surface area contributed by atoms with E-state index in [2.05, 4.69) is 0 Å². The number of hydrogen-bond donors (Lipinski definition) is 2. The molecule has 2 N–H and O–H groups in total. The summed E-state index contributed by atoms with van der Waals surface area (Å²) in [6.07, 6.45) is 0.785. The number of hydrogen-bond acceptors (Lipinski definition) is 5. The third-order valence-electron chi connectivity index (χ3n) is 4.73. The first-order valence-corrected chi connectivity index (χ1v) is 9.27. The Morgan fingerprint density at radius 1 is 0.741 bits per heavy atom. The van der Waals surface area contributed by atoms with Gasteiger partial charge in [-0.25, -0.2) is 0 Å². The number of ether oxygens (including phenoxy) is 3. The van der Waals surface area contributed by atoms with Crippen LogP contribution >= 0.6 is 0 Å². The van der Waals surface area contributed by atoms with Gasteiger partial charge >= 0.3 is 0 Å². The predicted octanol–water partition coefficient (Wildman–Crippen LogP) is 3.80. The van der Waals surface area contributed by atoms with Crippen LogP contribution in [0.2, 0.25) is 0 Å². The van der Waals surface area contributed by atoms with Crippen molar-refractivity contribution in [1.82, 2.24) is 0 Å². The van der Waals surface area contributed by atoms with Crippen molar-refractivity contribution in [2.24, 2.45) is 0 Å². The van der Waals surface area contributed by atoms with Crippen LogP contribution in [0.25, 0.3) is 11.1 Å². The zero-order valence-electron chi connectivity index (χ0n) is 16.4. The second-order valence-corrected chi connectivity index (χ2v) is 7.37. The minimum absolute atomic E-state index is 0.353. The minimum atomic E-state index is 0.353. The van der Waals surface area contributed by atoms with Gasteiger partial charge in [0.15, 0.2) is 0 Å². The first kappa shape index (κ1) is 19.7. The summed E-state index contributed by atoms with van der Waals surface area (Å²) in [4.78, 5) is 0. The van der Waals surface area contributed by atoms with Crippen LogP contribution in [0.3, 0.4) is 0 Å². The van der Waals surface area contributed by atoms with Crippen molar-refractivity contribution >= 4 is 0 Å². The van der Waals surface area contributed by atoms with Crippen molar-refractivity contribution in [3.8, 4) is 22.6 Å². The lowest BCUT2D eigenvalue weighted by Crippen LogP contribution is -2.06. The van der Waals surface area contributed by atoms with E-state index in [9.17, 15) is 10.2 Å². The fraction of sp³-hybridized carbons (Fsp3) is 0.455. The van der Waals surface area contributed by atoms with Crippen LogP contribution in [0.5, 0.6) is 11.5 Å². The van der Waals surface area contributed by atoms with Gasteiger partial charge in [-0.1, -0.05) is 0 Å². The smallest absolute Gasteiger partial charge is 0.121 e. The number of phenols is 2. The van der Waals surface area contributed by atoms with Crippen molar-refractivity contribution in [1.29, 1.82) is 0 Å². The molecule has 2 aromatic rings. The highest BCUT2D eigenvalue weighted by atomic mass is 16.6. The first-order valence-electron chi connectivity index (χ1n) is 9.27. The van der Waals surface area contributed by atoms with Gasteiger partial charge in [-0.2, -0.15) is 0 Å². The Bertz CT molecular complexity index is 693. The lowest BCUT2D eigenvalue weighted by Gasteiger charge is -2.11. The van der Waals surface area contributed by atoms with Crippen LogP contribution in [-0.4, -0.2) is 48.8 Å². The SMILES string of the molecule is C(OCC1CO1)C1CO1.Cc1cc(-c2cc(C)c(O)c(C)c2)cc(C)c1O. The van der Waals surface area contributed by atoms with Gasteiger partial charge in [0, 0.05) is 0 Å². The van der Waals surface area contributed by atoms with Crippen molar-refractivity contribution < 1.29 is 24.4 Å². The van der Waals surface area contributed by atoms with Crippen LogP contribution < -0.4 is 0 Å². The third kappa shape index (κ3) is 5.45. The Hall–Kier alpha value is -2.08. The molecule has 146 valence electrons. The molecule has 27 heavy (non-hydrogen) atoms. The standard InChI is InChI=1S/C16H18O2.C6H10O3/c1-9-5-13(6-10(2)15(9)17)14-7-11(3)16(18)12(4)8-14;1(5-3-8-5)7-2-6-4-9-6/h5-8,17-18H,1-4H3;5-6H,1-4H2. The highest BCUT2D eigenvalue weighted by Crippen LogP contribution is 2.33. The zero-order chi connectivity index (χ0) is 19.6. The van der Waals surface area contributed by atoms with E-state index in [4.69, 9.17) is 14.2 Å². The van der Waals surface area contributed by atoms with Gasteiger partial charge in [-0.15, -0.1) is 0 Å². The molecule has 2 aliphatic heterocycles. The summed E-state index contributed by atoms with van der Waals surface area (Å²) in [5.74, 6) is 0.706. The summed E-state index contributed by atoms with van der Waals surface area (Å²) in [6.45, 7) is 10.8. The molecule has 0 aliphatic carbocycles. The van der Waals surface area contributed by atoms with E-state index >= 15 is 0 Å². The number of phenolic OH excluding ortho intramolecular Hbond substituents is 2. The average molecular weight is 372 g/mol. The normalized spacial score (nSPS) is 20.0. The Balaban J connectivity index is 0.000000193. The lowest BCUT2D eigenvalue weighted by atomic mass is 9.96. The third-order valence-corrected chi connectivity index (χ3v) is 4.73. The molecule has 0 spiro atoms. The number of epoxide rings is 2. The van der Waals surface area contributed by atoms with Gasteiger partial charge in [0.05, 0.1) is 26.4 Å². The molecule has 0 radical (unpaired) electrons. The van der Waals surface area contributed by atoms with Gasteiger partial charge in [0.2, 0.25) is 0 Å². The van der Waals surface area contributed by atoms with Gasteiger partial charge in [-0.3, -0.25) is 0 Å². The molecule has 2 unspecified atom stereocenters. The molecule has 2 heterocycles. The van der Waals surface area contributed by atoms with Crippen molar-refractivity contribution in [3.05, 3.63) is 46.5 Å². The number of aromatic hydroxyl groups is 2. The molecule has 0 amide bonds. The maximum atomic E-state index is 9.79. The molecule has 2 atom stereocenters. The van der Waals surface area contributed by atoms with E-state index < -0.39 is 0 Å². The van der Waals surface area contributed by atoms with Crippen molar-refractivity contribution in [2.75, 3.05) is 26.4 Å². The summed E-state index contributed by atoms with van der Waals surface area (Å²) in [6, 6.07) is 7.86. The topological polar surface area (TPSA) is 74.8 Å². The Kier molecular flexibility index (Phi) is 6.05. The Morgan fingerprint density at radius 3 is 1.30 bits per heavy atom. The molecule has 0 aromatic heterocycles. The second-order valence-electron chi connectivity index (χ2n) is 7.37. The van der Waals surface area contributed by atoms with Gasteiger partial charge in [-0.05, 0) is 85.3 Å². The maximum absolute atomic E-state index is 9.79. The average Bonchev–Trinajstić information content (AvgIpc) is 3.52. The summed E-state index contributed by atoms with van der Waals surface area (Å²) >= 11 is 0. The molecule has 2 aromatic carbocycles. The minimum Gasteiger partial charge on any atom is -0.507 e. The van der Waals surface area contributed by atoms with E-state index in [-0.39, 0.29) is 0 Å². The molecule has 5 nitrogen and oxygen atoms in total. The van der Waals surface area contributed by atoms with Crippen molar-refractivity contribution in [2.45, 2.75) is 39.9 Å². The van der Waals surface area contributed by atoms with Gasteiger partial charge in [0.25, 0.3) is 0 Å². The first-order chi connectivity index (χ1) is 12.8. The molecular formula is C22H28O5. The zero-order valence-corrected chi connectivity index (χ0v) is 16.4. The monoisotopic (exact) mass is 372 g/mol. The van der Waals surface area contributed by atoms with Gasteiger partial charge < -0.3 is 24.4 Å². The van der Waals surface area contributed by atoms with E-state index in [1.807, 2.05) is 52.0 Å². The summed E-state index contributed by atoms with van der Waals surface area (Å²) in [5, 5.41) is 19.6. The van der Waals surface area contributed by atoms with Crippen LogP contribution in [0, 0.1) is 27.7 Å². The molecule has 0 saturated carbocycles. The molecule has 4 rings (SSSR count). The van der Waals surface area contributed by atoms with Crippen LogP contribution in [0.1, 0.15) is 22.3 Å². The summed E-state index contributed by atoms with van der Waals surface area (Å²) in [5.41, 5.74) is 5.60. The van der Waals surface area contributed by atoms with E-state index in [1.165, 1.54) is 0 Å². The fourth-order valence-electron chi connectivity index (χ4n) is 2.90. The molecule has 2 saturated heterocycles. The van der Waals surface area contributed by atoms with Crippen molar-refractivity contribution in [3.63, 3.8) is 0 Å². The number of rotatable bonds is 5. The maximum Gasteiger partial charge on any atom is 0.121 e. The Labute approximate surface area is 160 Å². The van der Waals surface area contributed by atoms with Gasteiger partial charge in [0.1, 0.15) is 23.7 Å². The summed E-state index contributed by atoms with van der Waals surface area (Å²) in [7, 11) is 0. The second kappa shape index (κ2) is 8.30. The van der Waals surface area contributed by atoms with E-state index in [1.54, 1.807) is 0 Å². The number of benzene rings is 2. The molecule has 2 fully saturated rings. The molecular weight excluding hydrogens is 344 g/mol. The highest BCUT2D eigenvalue weighted by molar-refractivity contribution is 5.70. The predicted molar refractivity (Wildman–Crippen MR) is 104 cm³/mol. The van der Waals surface area contributed by atoms with E-state index in [0.29, 0.717) is 23.7 Å². The molecule has 5 heteroatoms. The van der Waals surface area contributed by atoms with Crippen LogP contribution in [0.4, 0.5) is 0 Å². The van der Waals surface area contributed by atoms with E-state index in [0.717, 1.165) is 59.8 Å². The van der Waals surface area contributed by atoms with Crippen LogP contribution in [-0.2, 0) is 14.2 Å². The summed E-state index contributed by atoms with van der Waals surface area (Å²) < 4.78 is 15.1. The van der Waals surface area contributed by atoms with Crippen LogP contribution in [0.15, 0.2) is 24.3 Å². The quantitative estimate of drug-likeness (QED) is 0.781. The lowest BCUT2D eigenvalue weighted by molar-refractivity contribution is 0.102. The molecule has 0 bridgehead atoms. The fourth-order valence-corrected chi connectivity index (χ4v) is 2.90. The number of aryl methyl sites for hydroxylation is 4. The largest absolute Gasteiger partial charge is 0.507 e. The highest BCUT2D eigenvalue weighted by Gasteiger charge is 2.26. The molecule has 2 aliphatic rings. The Morgan fingerprint density at radius 2 is 1.04 bits per heavy atom.